The molecule has 0 saturated carbocycles. The summed E-state index contributed by atoms with van der Waals surface area (Å²) in [5, 5.41) is 4.62. The standard InChI is InChI=1S/C10H19N2.Rb/c1-10(2,3)12-6-8-4-5-11-9(8)7-12;/h8-9H,4-7H2,1-3H3;/q-1;+1. The minimum absolute atomic E-state index is 0. The molecule has 2 aliphatic heterocycles. The van der Waals surface area contributed by atoms with Crippen LogP contribution in [-0.2, 0) is 0 Å². The maximum absolute atomic E-state index is 4.62. The predicted octanol–water partition coefficient (Wildman–Crippen LogP) is -1.13. The van der Waals surface area contributed by atoms with Gasteiger partial charge in [-0.2, -0.15) is 0 Å². The zero-order chi connectivity index (χ0) is 8.77. The predicted molar refractivity (Wildman–Crippen MR) is 51.4 cm³/mol. The van der Waals surface area contributed by atoms with Gasteiger partial charge in [-0.05, 0) is 33.2 Å². The second kappa shape index (κ2) is 4.71. The molecular formula is C10H19N2Rb. The quantitative estimate of drug-likeness (QED) is 0.533. The first-order chi connectivity index (χ1) is 5.57. The normalized spacial score (nSPS) is 34.4. The smallest absolute Gasteiger partial charge is 0.658 e. The van der Waals surface area contributed by atoms with Gasteiger partial charge in [-0.25, -0.2) is 0 Å². The van der Waals surface area contributed by atoms with Gasteiger partial charge in [0.1, 0.15) is 0 Å². The average Bonchev–Trinajstić information content (AvgIpc) is 2.37. The van der Waals surface area contributed by atoms with E-state index in [9.17, 15) is 0 Å². The summed E-state index contributed by atoms with van der Waals surface area (Å²) in [7, 11) is 0. The van der Waals surface area contributed by atoms with E-state index in [0.29, 0.717) is 11.6 Å². The second-order valence-electron chi connectivity index (χ2n) is 5.10. The summed E-state index contributed by atoms with van der Waals surface area (Å²) in [6.07, 6.45) is 1.33. The molecule has 13 heavy (non-hydrogen) atoms. The molecular weight excluding hydrogens is 234 g/mol. The zero-order valence-corrected chi connectivity index (χ0v) is 14.3. The molecule has 0 radical (unpaired) electrons. The largest absolute Gasteiger partial charge is 1.00 e. The molecule has 0 spiro atoms. The summed E-state index contributed by atoms with van der Waals surface area (Å²) in [6, 6.07) is 0.671. The number of rotatable bonds is 0. The number of hydrogen-bond acceptors (Lipinski definition) is 1. The van der Waals surface area contributed by atoms with E-state index in [1.54, 1.807) is 0 Å². The molecule has 3 heteroatoms. The van der Waals surface area contributed by atoms with Crippen molar-refractivity contribution in [1.29, 1.82) is 0 Å². The molecule has 2 fully saturated rings. The van der Waals surface area contributed by atoms with Gasteiger partial charge in [0.05, 0.1) is 0 Å². The van der Waals surface area contributed by atoms with Crippen molar-refractivity contribution >= 4 is 0 Å². The van der Waals surface area contributed by atoms with Crippen molar-refractivity contribution in [3.8, 4) is 0 Å². The fourth-order valence-corrected chi connectivity index (χ4v) is 2.30. The molecule has 2 unspecified atom stereocenters. The zero-order valence-electron chi connectivity index (χ0n) is 9.38. The molecule has 0 aromatic rings. The van der Waals surface area contributed by atoms with Crippen molar-refractivity contribution in [3.05, 3.63) is 5.32 Å². The van der Waals surface area contributed by atoms with Crippen LogP contribution in [0.15, 0.2) is 0 Å². The van der Waals surface area contributed by atoms with Crippen LogP contribution in [0.4, 0.5) is 0 Å². The Morgan fingerprint density at radius 2 is 1.92 bits per heavy atom. The number of nitrogens with zero attached hydrogens (tertiary/aromatic N) is 2. The first-order valence-electron chi connectivity index (χ1n) is 4.99. The molecule has 2 rings (SSSR count). The molecule has 0 aromatic heterocycles. The van der Waals surface area contributed by atoms with E-state index in [-0.39, 0.29) is 58.2 Å². The molecule has 2 saturated heterocycles. The first kappa shape index (κ1) is 12.8. The van der Waals surface area contributed by atoms with E-state index in [4.69, 9.17) is 0 Å². The van der Waals surface area contributed by atoms with Crippen LogP contribution in [0.25, 0.3) is 5.32 Å². The number of hydrogen-bond donors (Lipinski definition) is 0. The summed E-state index contributed by atoms with van der Waals surface area (Å²) in [5.41, 5.74) is 0.347. The number of likely N-dealkylation sites (tertiary alicyclic amines) is 1. The van der Waals surface area contributed by atoms with E-state index < -0.39 is 0 Å². The van der Waals surface area contributed by atoms with Gasteiger partial charge in [-0.3, -0.25) is 4.90 Å². The molecule has 2 aliphatic rings. The molecule has 0 N–H and O–H groups in total. The fraction of sp³-hybridized carbons (Fsp3) is 1.00. The third-order valence-electron chi connectivity index (χ3n) is 3.22. The summed E-state index contributed by atoms with van der Waals surface area (Å²) in [6.45, 7) is 10.5. The Hall–Kier alpha value is 1.73. The monoisotopic (exact) mass is 252 g/mol. The van der Waals surface area contributed by atoms with E-state index in [0.717, 1.165) is 12.5 Å². The van der Waals surface area contributed by atoms with Crippen molar-refractivity contribution in [2.24, 2.45) is 5.92 Å². The Balaban J connectivity index is 0.000000845. The van der Waals surface area contributed by atoms with E-state index in [2.05, 4.69) is 31.0 Å². The molecule has 0 aliphatic carbocycles. The van der Waals surface area contributed by atoms with Crippen LogP contribution in [0.5, 0.6) is 0 Å². The number of fused-ring (bicyclic) bond motifs is 1. The van der Waals surface area contributed by atoms with Crippen molar-refractivity contribution in [1.82, 2.24) is 4.90 Å². The third-order valence-corrected chi connectivity index (χ3v) is 3.22. The van der Waals surface area contributed by atoms with E-state index in [1.165, 1.54) is 19.5 Å². The van der Waals surface area contributed by atoms with Gasteiger partial charge in [-0.1, -0.05) is 6.42 Å². The average molecular weight is 253 g/mol. The molecule has 2 nitrogen and oxygen atoms in total. The maximum Gasteiger partial charge on any atom is 1.00 e. The molecule has 2 atom stereocenters. The molecule has 0 amide bonds. The summed E-state index contributed by atoms with van der Waals surface area (Å²) < 4.78 is 0. The van der Waals surface area contributed by atoms with Crippen molar-refractivity contribution in [3.63, 3.8) is 0 Å². The van der Waals surface area contributed by atoms with Gasteiger partial charge in [0.15, 0.2) is 0 Å². The Kier molecular flexibility index (Phi) is 4.63. The topological polar surface area (TPSA) is 17.3 Å². The summed E-state index contributed by atoms with van der Waals surface area (Å²) in [4.78, 5) is 2.57. The second-order valence-corrected chi connectivity index (χ2v) is 5.10. The van der Waals surface area contributed by atoms with Crippen LogP contribution in [0.3, 0.4) is 0 Å². The van der Waals surface area contributed by atoms with Gasteiger partial charge < -0.3 is 5.32 Å². The Morgan fingerprint density at radius 1 is 1.23 bits per heavy atom. The Labute approximate surface area is 131 Å². The summed E-state index contributed by atoms with van der Waals surface area (Å²) in [5.74, 6) is 0.879. The molecule has 0 aromatic carbocycles. The molecule has 0 bridgehead atoms. The third kappa shape index (κ3) is 2.85. The van der Waals surface area contributed by atoms with Gasteiger partial charge in [0, 0.05) is 12.1 Å². The molecule has 70 valence electrons. The Morgan fingerprint density at radius 3 is 2.46 bits per heavy atom. The van der Waals surface area contributed by atoms with Gasteiger partial charge in [-0.15, -0.1) is 12.6 Å². The van der Waals surface area contributed by atoms with Gasteiger partial charge >= 0.3 is 58.2 Å². The Bertz CT molecular complexity index is 164. The van der Waals surface area contributed by atoms with E-state index >= 15 is 0 Å². The van der Waals surface area contributed by atoms with Crippen LogP contribution < -0.4 is 58.2 Å². The van der Waals surface area contributed by atoms with Crippen molar-refractivity contribution in [2.45, 2.75) is 38.8 Å². The maximum atomic E-state index is 4.62. The SMILES string of the molecule is CC(C)(C)N1CC2CC[N-]C2C1.[Rb+]. The van der Waals surface area contributed by atoms with Crippen LogP contribution >= 0.6 is 0 Å². The van der Waals surface area contributed by atoms with Crippen LogP contribution in [-0.4, -0.2) is 36.1 Å². The van der Waals surface area contributed by atoms with E-state index in [1.807, 2.05) is 0 Å². The van der Waals surface area contributed by atoms with Crippen molar-refractivity contribution < 1.29 is 58.2 Å². The summed E-state index contributed by atoms with van der Waals surface area (Å²) >= 11 is 0. The van der Waals surface area contributed by atoms with Crippen LogP contribution in [0, 0.1) is 5.92 Å². The van der Waals surface area contributed by atoms with Crippen LogP contribution in [0.2, 0.25) is 0 Å². The fourth-order valence-electron chi connectivity index (χ4n) is 2.30. The first-order valence-corrected chi connectivity index (χ1v) is 4.99. The van der Waals surface area contributed by atoms with Crippen LogP contribution in [0.1, 0.15) is 27.2 Å². The molecule has 2 heterocycles. The van der Waals surface area contributed by atoms with Gasteiger partial charge in [0.2, 0.25) is 0 Å². The minimum atomic E-state index is 0. The minimum Gasteiger partial charge on any atom is -0.658 e. The van der Waals surface area contributed by atoms with Crippen molar-refractivity contribution in [2.75, 3.05) is 19.6 Å². The van der Waals surface area contributed by atoms with Gasteiger partial charge in [0.25, 0.3) is 0 Å².